The molecule has 138 valence electrons. The molecule has 0 bridgehead atoms. The minimum atomic E-state index is -1.78. The van der Waals surface area contributed by atoms with E-state index in [1.54, 1.807) is 0 Å². The van der Waals surface area contributed by atoms with Crippen LogP contribution in [0.5, 0.6) is 0 Å². The molecule has 0 spiro atoms. The number of hydrogen-bond acceptors (Lipinski definition) is 3. The molecule has 0 saturated heterocycles. The second-order valence-electron chi connectivity index (χ2n) is 7.80. The quantitative estimate of drug-likeness (QED) is 0.490. The first-order valence-electron chi connectivity index (χ1n) is 9.44. The third-order valence-electron chi connectivity index (χ3n) is 5.18. The Balaban J connectivity index is 1.99. The van der Waals surface area contributed by atoms with E-state index in [0.717, 1.165) is 17.4 Å². The van der Waals surface area contributed by atoms with Gasteiger partial charge in [0.15, 0.2) is 8.32 Å². The van der Waals surface area contributed by atoms with Crippen LogP contribution in [0.3, 0.4) is 0 Å². The van der Waals surface area contributed by atoms with E-state index in [9.17, 15) is 0 Å². The minimum absolute atomic E-state index is 0.295. The molecular formula is C21H33NOSSi. The highest BCUT2D eigenvalue weighted by Gasteiger charge is 2.45. The van der Waals surface area contributed by atoms with Gasteiger partial charge in [0.25, 0.3) is 0 Å². The highest BCUT2D eigenvalue weighted by atomic mass is 32.2. The van der Waals surface area contributed by atoms with Crippen molar-refractivity contribution in [3.63, 3.8) is 0 Å². The van der Waals surface area contributed by atoms with Crippen molar-refractivity contribution in [2.45, 2.75) is 64.2 Å². The van der Waals surface area contributed by atoms with Crippen LogP contribution in [0.15, 0.2) is 41.4 Å². The maximum Gasteiger partial charge on any atom is 0.200 e. The van der Waals surface area contributed by atoms with Crippen LogP contribution in [0.1, 0.15) is 47.1 Å². The molecule has 0 N–H and O–H groups in total. The topological polar surface area (TPSA) is 21.6 Å². The molecule has 0 saturated carbocycles. The summed E-state index contributed by atoms with van der Waals surface area (Å²) in [5.41, 5.74) is 3.10. The summed E-state index contributed by atoms with van der Waals surface area (Å²) in [7, 11) is -1.78. The number of thioether (sulfide) groups is 1. The summed E-state index contributed by atoms with van der Waals surface area (Å²) in [6, 6.07) is 10.7. The third kappa shape index (κ3) is 5.08. The van der Waals surface area contributed by atoms with Crippen molar-refractivity contribution >= 4 is 31.2 Å². The van der Waals surface area contributed by atoms with Gasteiger partial charge in [0.05, 0.1) is 17.7 Å². The van der Waals surface area contributed by atoms with Gasteiger partial charge in [0.1, 0.15) is 0 Å². The zero-order chi connectivity index (χ0) is 18.4. The van der Waals surface area contributed by atoms with Crippen LogP contribution in [-0.4, -0.2) is 31.8 Å². The van der Waals surface area contributed by atoms with E-state index in [1.165, 1.54) is 5.56 Å². The summed E-state index contributed by atoms with van der Waals surface area (Å²) in [4.78, 5) is 4.87. The second-order valence-corrected chi connectivity index (χ2v) is 14.3. The molecule has 0 aliphatic carbocycles. The smallest absolute Gasteiger partial charge is 0.200 e. The standard InChI is InChI=1S/C21H33NOSSi/c1-16(2)25(17(3)4,18(5)6)23-14-20-15-24-21(22-20)13-12-19-10-8-7-9-11-19/h7-13,16-18,20H,14-15H2,1-6H3/b13-12+/t20-/m1/s1. The lowest BCUT2D eigenvalue weighted by atomic mass is 10.2. The first-order chi connectivity index (χ1) is 11.9. The van der Waals surface area contributed by atoms with Crippen molar-refractivity contribution in [3.05, 3.63) is 42.0 Å². The van der Waals surface area contributed by atoms with Crippen molar-refractivity contribution in [2.24, 2.45) is 4.99 Å². The highest BCUT2D eigenvalue weighted by Crippen LogP contribution is 2.42. The van der Waals surface area contributed by atoms with E-state index in [2.05, 4.69) is 78.0 Å². The normalized spacial score (nSPS) is 18.8. The number of nitrogens with zero attached hydrogens (tertiary/aromatic N) is 1. The van der Waals surface area contributed by atoms with Gasteiger partial charge < -0.3 is 4.43 Å². The molecule has 1 aliphatic heterocycles. The average Bonchev–Trinajstić information content (AvgIpc) is 3.01. The van der Waals surface area contributed by atoms with Crippen LogP contribution in [0, 0.1) is 0 Å². The Morgan fingerprint density at radius 2 is 1.64 bits per heavy atom. The predicted molar refractivity (Wildman–Crippen MR) is 116 cm³/mol. The van der Waals surface area contributed by atoms with E-state index in [1.807, 2.05) is 17.8 Å². The molecule has 2 rings (SSSR count). The number of rotatable bonds is 8. The summed E-state index contributed by atoms with van der Waals surface area (Å²) in [6.45, 7) is 14.8. The average molecular weight is 376 g/mol. The van der Waals surface area contributed by atoms with Gasteiger partial charge in [-0.3, -0.25) is 4.99 Å². The van der Waals surface area contributed by atoms with Gasteiger partial charge in [0.2, 0.25) is 0 Å². The van der Waals surface area contributed by atoms with Crippen molar-refractivity contribution in [3.8, 4) is 0 Å². The lowest BCUT2D eigenvalue weighted by Crippen LogP contribution is -2.49. The molecule has 0 fully saturated rings. The molecule has 0 aromatic heterocycles. The summed E-state index contributed by atoms with van der Waals surface area (Å²) in [5.74, 6) is 1.03. The van der Waals surface area contributed by atoms with Gasteiger partial charge in [-0.1, -0.05) is 78.0 Å². The molecule has 0 amide bonds. The van der Waals surface area contributed by atoms with E-state index >= 15 is 0 Å². The summed E-state index contributed by atoms with van der Waals surface area (Å²) in [6.07, 6.45) is 4.28. The van der Waals surface area contributed by atoms with Gasteiger partial charge in [-0.05, 0) is 28.3 Å². The zero-order valence-corrected chi connectivity index (χ0v) is 18.3. The Morgan fingerprint density at radius 1 is 1.04 bits per heavy atom. The van der Waals surface area contributed by atoms with Gasteiger partial charge in [-0.15, -0.1) is 11.8 Å². The van der Waals surface area contributed by atoms with Gasteiger partial charge in [0, 0.05) is 5.75 Å². The van der Waals surface area contributed by atoms with Crippen molar-refractivity contribution in [1.29, 1.82) is 0 Å². The van der Waals surface area contributed by atoms with Crippen molar-refractivity contribution < 1.29 is 4.43 Å². The largest absolute Gasteiger partial charge is 0.414 e. The fourth-order valence-electron chi connectivity index (χ4n) is 4.08. The van der Waals surface area contributed by atoms with E-state index in [-0.39, 0.29) is 0 Å². The van der Waals surface area contributed by atoms with Crippen LogP contribution < -0.4 is 0 Å². The summed E-state index contributed by atoms with van der Waals surface area (Å²) in [5, 5.41) is 1.13. The fraction of sp³-hybridized carbons (Fsp3) is 0.571. The van der Waals surface area contributed by atoms with Crippen molar-refractivity contribution in [1.82, 2.24) is 0 Å². The highest BCUT2D eigenvalue weighted by molar-refractivity contribution is 8.14. The van der Waals surface area contributed by atoms with Crippen LogP contribution in [0.4, 0.5) is 0 Å². The van der Waals surface area contributed by atoms with Gasteiger partial charge in [-0.25, -0.2) is 0 Å². The van der Waals surface area contributed by atoms with Crippen LogP contribution >= 0.6 is 11.8 Å². The number of benzene rings is 1. The Morgan fingerprint density at radius 3 is 2.20 bits per heavy atom. The Labute approximate surface area is 159 Å². The Bertz CT molecular complexity index is 573. The fourth-order valence-corrected chi connectivity index (χ4v) is 10.5. The van der Waals surface area contributed by atoms with Gasteiger partial charge in [-0.2, -0.15) is 0 Å². The molecule has 4 heteroatoms. The van der Waals surface area contributed by atoms with Crippen LogP contribution in [-0.2, 0) is 4.43 Å². The second kappa shape index (κ2) is 9.20. The van der Waals surface area contributed by atoms with E-state index < -0.39 is 8.32 Å². The molecule has 1 aliphatic rings. The molecule has 2 nitrogen and oxygen atoms in total. The van der Waals surface area contributed by atoms with E-state index in [4.69, 9.17) is 9.42 Å². The summed E-state index contributed by atoms with van der Waals surface area (Å²) < 4.78 is 6.70. The monoisotopic (exact) mass is 375 g/mol. The van der Waals surface area contributed by atoms with Crippen molar-refractivity contribution in [2.75, 3.05) is 12.4 Å². The molecule has 1 aromatic carbocycles. The summed E-state index contributed by atoms with van der Waals surface area (Å²) >= 11 is 1.84. The minimum Gasteiger partial charge on any atom is -0.414 e. The maximum atomic E-state index is 6.70. The molecule has 1 heterocycles. The Hall–Kier alpha value is -0.843. The zero-order valence-electron chi connectivity index (χ0n) is 16.5. The lowest BCUT2D eigenvalue weighted by Gasteiger charge is -2.42. The number of aliphatic imine (C=N–C) groups is 1. The van der Waals surface area contributed by atoms with E-state index in [0.29, 0.717) is 22.7 Å². The predicted octanol–water partition coefficient (Wildman–Crippen LogP) is 6.41. The Kier molecular flexibility index (Phi) is 7.53. The molecule has 25 heavy (non-hydrogen) atoms. The maximum absolute atomic E-state index is 6.70. The van der Waals surface area contributed by atoms with Crippen LogP contribution in [0.2, 0.25) is 16.6 Å². The molecule has 1 atom stereocenters. The first-order valence-corrected chi connectivity index (χ1v) is 12.6. The first kappa shape index (κ1) is 20.5. The number of hydrogen-bond donors (Lipinski definition) is 0. The SMILES string of the molecule is CC(C)[Si](OC[C@@H]1CSC(/C=C/c2ccccc2)=N1)(C(C)C)C(C)C. The molecule has 0 radical (unpaired) electrons. The lowest BCUT2D eigenvalue weighted by molar-refractivity contribution is 0.263. The molecule has 0 unspecified atom stereocenters. The third-order valence-corrected chi connectivity index (χ3v) is 12.4. The van der Waals surface area contributed by atoms with Gasteiger partial charge >= 0.3 is 0 Å². The van der Waals surface area contributed by atoms with Crippen LogP contribution in [0.25, 0.3) is 6.08 Å². The molecular weight excluding hydrogens is 342 g/mol. The molecule has 1 aromatic rings.